The number of aromatic nitrogens is 1. The third-order valence-corrected chi connectivity index (χ3v) is 3.87. The van der Waals surface area contributed by atoms with Crippen molar-refractivity contribution in [3.63, 3.8) is 0 Å². The van der Waals surface area contributed by atoms with E-state index in [-0.39, 0.29) is 0 Å². The molecular weight excluding hydrogens is 262 g/mol. The third kappa shape index (κ3) is 2.77. The predicted octanol–water partition coefficient (Wildman–Crippen LogP) is 3.98. The topological polar surface area (TPSA) is 31.4 Å². The van der Waals surface area contributed by atoms with Crippen LogP contribution in [0.1, 0.15) is 29.5 Å². The fourth-order valence-corrected chi connectivity index (χ4v) is 2.84. The van der Waals surface area contributed by atoms with E-state index in [9.17, 15) is 0 Å². The molecule has 0 spiro atoms. The average Bonchev–Trinajstić information content (AvgIpc) is 2.55. The second kappa shape index (κ2) is 6.00. The summed E-state index contributed by atoms with van der Waals surface area (Å²) in [7, 11) is 3.36. The van der Waals surface area contributed by atoms with Gasteiger partial charge < -0.3 is 9.47 Å². The summed E-state index contributed by atoms with van der Waals surface area (Å²) in [6.45, 7) is 0. The fourth-order valence-electron chi connectivity index (χ4n) is 2.84. The number of pyridine rings is 1. The van der Waals surface area contributed by atoms with E-state index in [1.54, 1.807) is 20.4 Å². The van der Waals surface area contributed by atoms with Crippen LogP contribution in [0.2, 0.25) is 0 Å². The lowest BCUT2D eigenvalue weighted by molar-refractivity contribution is 0.354. The highest BCUT2D eigenvalue weighted by molar-refractivity contribution is 5.84. The molecule has 1 heterocycles. The Morgan fingerprint density at radius 1 is 1.10 bits per heavy atom. The van der Waals surface area contributed by atoms with Gasteiger partial charge in [-0.3, -0.25) is 4.98 Å². The van der Waals surface area contributed by atoms with Crippen molar-refractivity contribution in [1.82, 2.24) is 4.98 Å². The zero-order valence-corrected chi connectivity index (χ0v) is 12.4. The van der Waals surface area contributed by atoms with Gasteiger partial charge >= 0.3 is 0 Å². The lowest BCUT2D eigenvalue weighted by Gasteiger charge is -2.21. The lowest BCUT2D eigenvalue weighted by Crippen LogP contribution is -2.04. The molecule has 0 aliphatic heterocycles. The Morgan fingerprint density at radius 3 is 2.62 bits per heavy atom. The Balaban J connectivity index is 2.07. The summed E-state index contributed by atoms with van der Waals surface area (Å²) in [5.74, 6) is 1.59. The van der Waals surface area contributed by atoms with E-state index < -0.39 is 0 Å². The van der Waals surface area contributed by atoms with E-state index in [1.165, 1.54) is 16.7 Å². The Hall–Kier alpha value is -2.29. The molecule has 1 aliphatic carbocycles. The highest BCUT2D eigenvalue weighted by Crippen LogP contribution is 2.39. The molecule has 0 fully saturated rings. The fraction of sp³-hybridized carbons (Fsp3) is 0.278. The first-order valence-electron chi connectivity index (χ1n) is 7.17. The number of nitrogens with zero attached hydrogens (tertiary/aromatic N) is 1. The minimum atomic E-state index is 0.787. The molecule has 0 radical (unpaired) electrons. The Kier molecular flexibility index (Phi) is 3.91. The molecule has 3 heteroatoms. The number of allylic oxidation sites excluding steroid dienone is 1. The van der Waals surface area contributed by atoms with E-state index in [4.69, 9.17) is 9.47 Å². The van der Waals surface area contributed by atoms with Crippen LogP contribution in [0, 0.1) is 0 Å². The quantitative estimate of drug-likeness (QED) is 0.853. The summed E-state index contributed by atoms with van der Waals surface area (Å²) in [5.41, 5.74) is 5.07. The summed E-state index contributed by atoms with van der Waals surface area (Å²) in [5, 5.41) is 0. The first-order chi connectivity index (χ1) is 10.3. The van der Waals surface area contributed by atoms with Gasteiger partial charge in [-0.05, 0) is 65.8 Å². The molecule has 0 atom stereocenters. The number of ether oxygens (including phenoxy) is 2. The molecule has 0 saturated carbocycles. The van der Waals surface area contributed by atoms with Crippen molar-refractivity contribution in [1.29, 1.82) is 0 Å². The molecule has 0 bridgehead atoms. The van der Waals surface area contributed by atoms with Crippen molar-refractivity contribution in [2.75, 3.05) is 14.2 Å². The third-order valence-electron chi connectivity index (χ3n) is 3.87. The second-order valence-electron chi connectivity index (χ2n) is 5.17. The number of hydrogen-bond donors (Lipinski definition) is 0. The van der Waals surface area contributed by atoms with Gasteiger partial charge in [0.25, 0.3) is 0 Å². The molecule has 1 aliphatic rings. The molecule has 3 rings (SSSR count). The predicted molar refractivity (Wildman–Crippen MR) is 84.6 cm³/mol. The standard InChI is InChI=1S/C18H19NO2/c1-20-17-10-15-7-3-6-14(16(15)11-18(17)21-2)9-13-5-4-8-19-12-13/h4-5,8-12H,3,6-7H2,1-2H3. The molecule has 21 heavy (non-hydrogen) atoms. The first kappa shape index (κ1) is 13.7. The van der Waals surface area contributed by atoms with Gasteiger partial charge in [0.2, 0.25) is 0 Å². The summed E-state index contributed by atoms with van der Waals surface area (Å²) in [6, 6.07) is 8.24. The molecule has 1 aromatic heterocycles. The molecule has 108 valence electrons. The largest absolute Gasteiger partial charge is 0.493 e. The van der Waals surface area contributed by atoms with Crippen LogP contribution in [0.3, 0.4) is 0 Å². The molecule has 0 unspecified atom stereocenters. The highest BCUT2D eigenvalue weighted by atomic mass is 16.5. The number of rotatable bonds is 3. The summed E-state index contributed by atoms with van der Waals surface area (Å²) < 4.78 is 10.8. The van der Waals surface area contributed by atoms with Crippen LogP contribution in [0.4, 0.5) is 0 Å². The Morgan fingerprint density at radius 2 is 1.90 bits per heavy atom. The van der Waals surface area contributed by atoms with E-state index in [0.717, 1.165) is 36.3 Å². The number of hydrogen-bond acceptors (Lipinski definition) is 3. The normalized spacial score (nSPS) is 15.6. The smallest absolute Gasteiger partial charge is 0.161 e. The molecule has 0 N–H and O–H groups in total. The number of aryl methyl sites for hydroxylation is 1. The van der Waals surface area contributed by atoms with Gasteiger partial charge in [-0.15, -0.1) is 0 Å². The molecule has 0 amide bonds. The van der Waals surface area contributed by atoms with Gasteiger partial charge in [0.15, 0.2) is 11.5 Å². The van der Waals surface area contributed by atoms with Crippen LogP contribution < -0.4 is 9.47 Å². The summed E-state index contributed by atoms with van der Waals surface area (Å²) in [4.78, 5) is 4.18. The van der Waals surface area contributed by atoms with Crippen LogP contribution in [0.5, 0.6) is 11.5 Å². The monoisotopic (exact) mass is 281 g/mol. The molecule has 0 saturated heterocycles. The maximum absolute atomic E-state index is 5.44. The SMILES string of the molecule is COc1cc2c(cc1OC)C(=Cc1cccnc1)CCC2. The molecule has 3 nitrogen and oxygen atoms in total. The van der Waals surface area contributed by atoms with Gasteiger partial charge in [0.1, 0.15) is 0 Å². The number of methoxy groups -OCH3 is 2. The number of benzene rings is 1. The van der Waals surface area contributed by atoms with E-state index in [2.05, 4.69) is 29.3 Å². The zero-order valence-electron chi connectivity index (χ0n) is 12.4. The van der Waals surface area contributed by atoms with Crippen molar-refractivity contribution < 1.29 is 9.47 Å². The summed E-state index contributed by atoms with van der Waals surface area (Å²) in [6.07, 6.45) is 9.23. The lowest BCUT2D eigenvalue weighted by atomic mass is 9.86. The van der Waals surface area contributed by atoms with Gasteiger partial charge in [0, 0.05) is 12.4 Å². The van der Waals surface area contributed by atoms with Gasteiger partial charge in [0.05, 0.1) is 14.2 Å². The molecule has 1 aromatic carbocycles. The van der Waals surface area contributed by atoms with E-state index in [0.29, 0.717) is 0 Å². The van der Waals surface area contributed by atoms with Gasteiger partial charge in [-0.1, -0.05) is 6.07 Å². The van der Waals surface area contributed by atoms with Crippen molar-refractivity contribution in [3.05, 3.63) is 53.3 Å². The van der Waals surface area contributed by atoms with Crippen molar-refractivity contribution in [2.45, 2.75) is 19.3 Å². The van der Waals surface area contributed by atoms with Crippen molar-refractivity contribution in [2.24, 2.45) is 0 Å². The number of fused-ring (bicyclic) bond motifs is 1. The second-order valence-corrected chi connectivity index (χ2v) is 5.17. The Bertz CT molecular complexity index is 662. The van der Waals surface area contributed by atoms with E-state index >= 15 is 0 Å². The Labute approximate surface area is 125 Å². The minimum Gasteiger partial charge on any atom is -0.493 e. The van der Waals surface area contributed by atoms with Crippen molar-refractivity contribution in [3.8, 4) is 11.5 Å². The highest BCUT2D eigenvalue weighted by Gasteiger charge is 2.18. The van der Waals surface area contributed by atoms with Crippen LogP contribution in [-0.4, -0.2) is 19.2 Å². The van der Waals surface area contributed by atoms with Gasteiger partial charge in [-0.25, -0.2) is 0 Å². The first-order valence-corrected chi connectivity index (χ1v) is 7.17. The minimum absolute atomic E-state index is 0.787. The molecule has 2 aromatic rings. The van der Waals surface area contributed by atoms with Crippen LogP contribution in [-0.2, 0) is 6.42 Å². The maximum Gasteiger partial charge on any atom is 0.161 e. The average molecular weight is 281 g/mol. The van der Waals surface area contributed by atoms with Gasteiger partial charge in [-0.2, -0.15) is 0 Å². The molecular formula is C18H19NO2. The van der Waals surface area contributed by atoms with E-state index in [1.807, 2.05) is 12.3 Å². The summed E-state index contributed by atoms with van der Waals surface area (Å²) >= 11 is 0. The van der Waals surface area contributed by atoms with Crippen molar-refractivity contribution >= 4 is 11.6 Å². The van der Waals surface area contributed by atoms with Crippen LogP contribution >= 0.6 is 0 Å². The van der Waals surface area contributed by atoms with Crippen LogP contribution in [0.25, 0.3) is 11.6 Å². The van der Waals surface area contributed by atoms with Crippen LogP contribution in [0.15, 0.2) is 36.7 Å². The maximum atomic E-state index is 5.44. The zero-order chi connectivity index (χ0) is 14.7.